The van der Waals surface area contributed by atoms with Gasteiger partial charge in [0.2, 0.25) is 0 Å². The maximum atomic E-state index is 5.96. The second-order valence-corrected chi connectivity index (χ2v) is 3.68. The largest absolute Gasteiger partial charge is 0.398 e. The Morgan fingerprint density at radius 1 is 1.14 bits per heavy atom. The molecule has 1 aromatic rings. The summed E-state index contributed by atoms with van der Waals surface area (Å²) in [5.74, 6) is 0. The molecule has 0 spiro atoms. The summed E-state index contributed by atoms with van der Waals surface area (Å²) in [7, 11) is 0. The van der Waals surface area contributed by atoms with Crippen molar-refractivity contribution >= 4 is 5.70 Å². The molecule has 0 fully saturated rings. The Labute approximate surface area is 85.9 Å². The van der Waals surface area contributed by atoms with E-state index in [2.05, 4.69) is 26.8 Å². The first-order valence-corrected chi connectivity index (χ1v) is 4.78. The van der Waals surface area contributed by atoms with Crippen LogP contribution in [0, 0.1) is 6.92 Å². The van der Waals surface area contributed by atoms with E-state index in [9.17, 15) is 0 Å². The minimum absolute atomic E-state index is 0.823. The lowest BCUT2D eigenvalue weighted by Crippen LogP contribution is -1.97. The number of allylic oxidation sites excluding steroid dienone is 3. The van der Waals surface area contributed by atoms with Crippen molar-refractivity contribution in [2.45, 2.75) is 20.8 Å². The summed E-state index contributed by atoms with van der Waals surface area (Å²) in [5, 5.41) is 0. The molecule has 14 heavy (non-hydrogen) atoms. The van der Waals surface area contributed by atoms with Crippen molar-refractivity contribution < 1.29 is 0 Å². The van der Waals surface area contributed by atoms with E-state index < -0.39 is 0 Å². The third-order valence-electron chi connectivity index (χ3n) is 2.05. The number of aryl methyl sites for hydroxylation is 1. The Morgan fingerprint density at radius 2 is 1.79 bits per heavy atom. The molecule has 0 radical (unpaired) electrons. The highest BCUT2D eigenvalue weighted by atomic mass is 14.6. The van der Waals surface area contributed by atoms with Crippen LogP contribution in [0.4, 0.5) is 0 Å². The van der Waals surface area contributed by atoms with Crippen molar-refractivity contribution in [2.75, 3.05) is 0 Å². The van der Waals surface area contributed by atoms with Gasteiger partial charge in [-0.3, -0.25) is 0 Å². The second kappa shape index (κ2) is 4.66. The zero-order valence-electron chi connectivity index (χ0n) is 9.04. The fourth-order valence-electron chi connectivity index (χ4n) is 1.24. The van der Waals surface area contributed by atoms with Crippen LogP contribution in [0.1, 0.15) is 25.0 Å². The molecule has 1 nitrogen and oxygen atoms in total. The Kier molecular flexibility index (Phi) is 3.52. The summed E-state index contributed by atoms with van der Waals surface area (Å²) < 4.78 is 0. The number of benzene rings is 1. The standard InChI is InChI=1S/C13H17N/c1-10(2)8-9-13(14)12-7-5-4-6-11(12)3/h4-9H,14H2,1-3H3/b13-9-. The Hall–Kier alpha value is -1.50. The average Bonchev–Trinajstić information content (AvgIpc) is 2.15. The van der Waals surface area contributed by atoms with Gasteiger partial charge in [-0.05, 0) is 32.4 Å². The first kappa shape index (κ1) is 10.6. The topological polar surface area (TPSA) is 26.0 Å². The van der Waals surface area contributed by atoms with E-state index in [0.717, 1.165) is 11.3 Å². The smallest absolute Gasteiger partial charge is 0.0390 e. The average molecular weight is 187 g/mol. The van der Waals surface area contributed by atoms with Gasteiger partial charge in [0.1, 0.15) is 0 Å². The molecular formula is C13H17N. The van der Waals surface area contributed by atoms with Crippen molar-refractivity contribution in [3.05, 3.63) is 53.1 Å². The van der Waals surface area contributed by atoms with E-state index in [0.29, 0.717) is 0 Å². The van der Waals surface area contributed by atoms with Gasteiger partial charge in [0.05, 0.1) is 0 Å². The maximum absolute atomic E-state index is 5.96. The monoisotopic (exact) mass is 187 g/mol. The summed E-state index contributed by atoms with van der Waals surface area (Å²) in [6.07, 6.45) is 3.99. The highest BCUT2D eigenvalue weighted by Gasteiger charge is 1.97. The quantitative estimate of drug-likeness (QED) is 0.706. The van der Waals surface area contributed by atoms with E-state index in [1.807, 2.05) is 30.4 Å². The summed E-state index contributed by atoms with van der Waals surface area (Å²) in [6.45, 7) is 6.18. The molecule has 0 aromatic heterocycles. The molecule has 0 amide bonds. The van der Waals surface area contributed by atoms with Gasteiger partial charge >= 0.3 is 0 Å². The van der Waals surface area contributed by atoms with Crippen LogP contribution in [-0.4, -0.2) is 0 Å². The predicted molar refractivity (Wildman–Crippen MR) is 62.8 cm³/mol. The fraction of sp³-hybridized carbons (Fsp3) is 0.231. The summed E-state index contributed by atoms with van der Waals surface area (Å²) in [4.78, 5) is 0. The zero-order valence-corrected chi connectivity index (χ0v) is 9.04. The van der Waals surface area contributed by atoms with Gasteiger partial charge < -0.3 is 5.73 Å². The van der Waals surface area contributed by atoms with Gasteiger partial charge in [-0.2, -0.15) is 0 Å². The normalized spacial score (nSPS) is 11.2. The third kappa shape index (κ3) is 2.77. The fourth-order valence-corrected chi connectivity index (χ4v) is 1.24. The zero-order chi connectivity index (χ0) is 10.6. The first-order valence-electron chi connectivity index (χ1n) is 4.78. The van der Waals surface area contributed by atoms with Crippen molar-refractivity contribution in [3.63, 3.8) is 0 Å². The van der Waals surface area contributed by atoms with Crippen LogP contribution in [-0.2, 0) is 0 Å². The molecule has 0 aliphatic carbocycles. The van der Waals surface area contributed by atoms with Gasteiger partial charge in [0, 0.05) is 11.3 Å². The second-order valence-electron chi connectivity index (χ2n) is 3.68. The van der Waals surface area contributed by atoms with Crippen LogP contribution < -0.4 is 5.73 Å². The minimum atomic E-state index is 0.823. The van der Waals surface area contributed by atoms with Gasteiger partial charge in [0.25, 0.3) is 0 Å². The van der Waals surface area contributed by atoms with Gasteiger partial charge in [-0.15, -0.1) is 0 Å². The van der Waals surface area contributed by atoms with Crippen LogP contribution in [0.15, 0.2) is 42.0 Å². The molecular weight excluding hydrogens is 170 g/mol. The van der Waals surface area contributed by atoms with Crippen molar-refractivity contribution in [1.82, 2.24) is 0 Å². The lowest BCUT2D eigenvalue weighted by Gasteiger charge is -2.04. The predicted octanol–water partition coefficient (Wildman–Crippen LogP) is 3.26. The first-order chi connectivity index (χ1) is 6.61. The summed E-state index contributed by atoms with van der Waals surface area (Å²) in [5.41, 5.74) is 10.4. The highest BCUT2D eigenvalue weighted by molar-refractivity contribution is 5.66. The van der Waals surface area contributed by atoms with Crippen molar-refractivity contribution in [2.24, 2.45) is 5.73 Å². The molecule has 1 heteroatoms. The van der Waals surface area contributed by atoms with Crippen molar-refractivity contribution in [3.8, 4) is 0 Å². The molecule has 74 valence electrons. The van der Waals surface area contributed by atoms with Crippen LogP contribution in [0.2, 0.25) is 0 Å². The molecule has 0 saturated carbocycles. The third-order valence-corrected chi connectivity index (χ3v) is 2.05. The van der Waals surface area contributed by atoms with Crippen LogP contribution >= 0.6 is 0 Å². The summed E-state index contributed by atoms with van der Waals surface area (Å²) in [6, 6.07) is 8.14. The molecule has 0 heterocycles. The summed E-state index contributed by atoms with van der Waals surface area (Å²) >= 11 is 0. The number of hydrogen-bond donors (Lipinski definition) is 1. The molecule has 0 saturated heterocycles. The molecule has 1 aromatic carbocycles. The Balaban J connectivity index is 3.01. The Morgan fingerprint density at radius 3 is 2.36 bits per heavy atom. The van der Waals surface area contributed by atoms with Crippen LogP contribution in [0.25, 0.3) is 5.70 Å². The van der Waals surface area contributed by atoms with Crippen LogP contribution in [0.5, 0.6) is 0 Å². The molecule has 0 aliphatic rings. The van der Waals surface area contributed by atoms with E-state index in [1.54, 1.807) is 0 Å². The van der Waals surface area contributed by atoms with E-state index in [1.165, 1.54) is 11.1 Å². The molecule has 2 N–H and O–H groups in total. The van der Waals surface area contributed by atoms with Gasteiger partial charge in [0.15, 0.2) is 0 Å². The lowest BCUT2D eigenvalue weighted by atomic mass is 10.1. The highest BCUT2D eigenvalue weighted by Crippen LogP contribution is 2.14. The molecule has 1 rings (SSSR count). The number of hydrogen-bond acceptors (Lipinski definition) is 1. The SMILES string of the molecule is CC(C)=C/C=C(\N)c1ccccc1C. The molecule has 0 bridgehead atoms. The van der Waals surface area contributed by atoms with Crippen molar-refractivity contribution in [1.29, 1.82) is 0 Å². The van der Waals surface area contributed by atoms with Gasteiger partial charge in [-0.1, -0.05) is 35.9 Å². The minimum Gasteiger partial charge on any atom is -0.398 e. The molecule has 0 atom stereocenters. The van der Waals surface area contributed by atoms with Gasteiger partial charge in [-0.25, -0.2) is 0 Å². The number of rotatable bonds is 2. The molecule has 0 aliphatic heterocycles. The Bertz CT molecular complexity index is 369. The van der Waals surface area contributed by atoms with E-state index in [4.69, 9.17) is 5.73 Å². The lowest BCUT2D eigenvalue weighted by molar-refractivity contribution is 1.37. The van der Waals surface area contributed by atoms with E-state index >= 15 is 0 Å². The maximum Gasteiger partial charge on any atom is 0.0390 e. The molecule has 0 unspecified atom stereocenters. The van der Waals surface area contributed by atoms with Crippen LogP contribution in [0.3, 0.4) is 0 Å². The number of nitrogens with two attached hydrogens (primary N) is 1. The van der Waals surface area contributed by atoms with E-state index in [-0.39, 0.29) is 0 Å².